The minimum absolute atomic E-state index is 0.412. The van der Waals surface area contributed by atoms with E-state index in [1.54, 1.807) is 0 Å². The summed E-state index contributed by atoms with van der Waals surface area (Å²) in [7, 11) is 0. The van der Waals surface area contributed by atoms with Crippen molar-refractivity contribution in [1.29, 1.82) is 0 Å². The van der Waals surface area contributed by atoms with Gasteiger partial charge in [-0.1, -0.05) is 32.6 Å². The molecule has 17 heavy (non-hydrogen) atoms. The van der Waals surface area contributed by atoms with E-state index >= 15 is 0 Å². The molecule has 0 amide bonds. The van der Waals surface area contributed by atoms with Crippen molar-refractivity contribution in [2.45, 2.75) is 82.7 Å². The molecule has 2 rings (SSSR count). The van der Waals surface area contributed by atoms with Crippen molar-refractivity contribution >= 4 is 0 Å². The van der Waals surface area contributed by atoms with Gasteiger partial charge in [-0.3, -0.25) is 0 Å². The minimum Gasteiger partial charge on any atom is -0.310 e. The minimum atomic E-state index is 0.412. The fourth-order valence-corrected chi connectivity index (χ4v) is 3.69. The quantitative estimate of drug-likeness (QED) is 0.768. The molecular formula is C15H30N2. The molecule has 100 valence electrons. The van der Waals surface area contributed by atoms with Gasteiger partial charge in [-0.15, -0.1) is 0 Å². The van der Waals surface area contributed by atoms with Crippen LogP contribution in [0.5, 0.6) is 0 Å². The molecule has 0 aromatic carbocycles. The van der Waals surface area contributed by atoms with E-state index in [2.05, 4.69) is 24.5 Å². The lowest BCUT2D eigenvalue weighted by molar-refractivity contribution is 0.215. The fraction of sp³-hybridized carbons (Fsp3) is 1.00. The smallest absolute Gasteiger partial charge is 0.0306 e. The standard InChI is InChI=1S/C15H30N2/c1-3-8-15(11-7-12-16-15)13-17-14(2)9-5-4-6-10-14/h16-17H,3-13H2,1-2H3. The van der Waals surface area contributed by atoms with Crippen LogP contribution in [0.2, 0.25) is 0 Å². The first-order valence-corrected chi connectivity index (χ1v) is 7.68. The Labute approximate surface area is 107 Å². The van der Waals surface area contributed by atoms with Crippen LogP contribution in [-0.4, -0.2) is 24.2 Å². The van der Waals surface area contributed by atoms with Gasteiger partial charge in [0.15, 0.2) is 0 Å². The molecule has 1 atom stereocenters. The Kier molecular flexibility index (Phi) is 4.48. The van der Waals surface area contributed by atoms with E-state index in [-0.39, 0.29) is 0 Å². The zero-order valence-electron chi connectivity index (χ0n) is 11.8. The summed E-state index contributed by atoms with van der Waals surface area (Å²) >= 11 is 0. The summed E-state index contributed by atoms with van der Waals surface area (Å²) in [5.74, 6) is 0. The number of hydrogen-bond donors (Lipinski definition) is 2. The molecule has 0 spiro atoms. The third-order valence-corrected chi connectivity index (χ3v) is 4.87. The highest BCUT2D eigenvalue weighted by Crippen LogP contribution is 2.30. The Balaban J connectivity index is 1.86. The second-order valence-electron chi connectivity index (χ2n) is 6.54. The molecular weight excluding hydrogens is 208 g/mol. The van der Waals surface area contributed by atoms with Gasteiger partial charge in [0.25, 0.3) is 0 Å². The molecule has 0 aromatic rings. The van der Waals surface area contributed by atoms with Gasteiger partial charge < -0.3 is 10.6 Å². The van der Waals surface area contributed by atoms with Gasteiger partial charge in [-0.2, -0.15) is 0 Å². The molecule has 1 saturated carbocycles. The number of nitrogens with one attached hydrogen (secondary N) is 2. The lowest BCUT2D eigenvalue weighted by atomic mass is 9.82. The van der Waals surface area contributed by atoms with Gasteiger partial charge >= 0.3 is 0 Å². The zero-order valence-corrected chi connectivity index (χ0v) is 11.8. The van der Waals surface area contributed by atoms with Crippen LogP contribution in [0.4, 0.5) is 0 Å². The van der Waals surface area contributed by atoms with Gasteiger partial charge in [0.2, 0.25) is 0 Å². The third kappa shape index (κ3) is 3.45. The van der Waals surface area contributed by atoms with Crippen molar-refractivity contribution in [2.24, 2.45) is 0 Å². The average Bonchev–Trinajstić information content (AvgIpc) is 2.78. The van der Waals surface area contributed by atoms with Crippen molar-refractivity contribution in [2.75, 3.05) is 13.1 Å². The second-order valence-corrected chi connectivity index (χ2v) is 6.54. The maximum atomic E-state index is 3.90. The van der Waals surface area contributed by atoms with Gasteiger partial charge in [0, 0.05) is 17.6 Å². The highest BCUT2D eigenvalue weighted by Gasteiger charge is 2.35. The van der Waals surface area contributed by atoms with Crippen molar-refractivity contribution in [3.63, 3.8) is 0 Å². The first-order chi connectivity index (χ1) is 8.18. The highest BCUT2D eigenvalue weighted by molar-refractivity contribution is 4.97. The Morgan fingerprint density at radius 1 is 1.06 bits per heavy atom. The van der Waals surface area contributed by atoms with Crippen LogP contribution in [0.25, 0.3) is 0 Å². The monoisotopic (exact) mass is 238 g/mol. The van der Waals surface area contributed by atoms with E-state index < -0.39 is 0 Å². The largest absolute Gasteiger partial charge is 0.310 e. The first kappa shape index (κ1) is 13.4. The molecule has 2 N–H and O–H groups in total. The lowest BCUT2D eigenvalue weighted by Crippen LogP contribution is -2.55. The Morgan fingerprint density at radius 2 is 1.82 bits per heavy atom. The molecule has 2 heteroatoms. The van der Waals surface area contributed by atoms with Crippen LogP contribution in [0, 0.1) is 0 Å². The van der Waals surface area contributed by atoms with Gasteiger partial charge in [-0.05, 0) is 45.6 Å². The van der Waals surface area contributed by atoms with Crippen molar-refractivity contribution < 1.29 is 0 Å². The van der Waals surface area contributed by atoms with E-state index in [4.69, 9.17) is 0 Å². The molecule has 1 unspecified atom stereocenters. The summed E-state index contributed by atoms with van der Waals surface area (Å²) < 4.78 is 0. The SMILES string of the molecule is CCCC1(CNC2(C)CCCCC2)CCCN1. The van der Waals surface area contributed by atoms with Crippen LogP contribution in [0.15, 0.2) is 0 Å². The van der Waals surface area contributed by atoms with Crippen LogP contribution in [0.3, 0.4) is 0 Å². The number of hydrogen-bond acceptors (Lipinski definition) is 2. The van der Waals surface area contributed by atoms with E-state index in [1.807, 2.05) is 0 Å². The van der Waals surface area contributed by atoms with E-state index in [0.717, 1.165) is 0 Å². The van der Waals surface area contributed by atoms with E-state index in [0.29, 0.717) is 11.1 Å². The van der Waals surface area contributed by atoms with Crippen molar-refractivity contribution in [3.8, 4) is 0 Å². The van der Waals surface area contributed by atoms with Crippen LogP contribution < -0.4 is 10.6 Å². The molecule has 1 heterocycles. The number of rotatable bonds is 5. The molecule has 1 aliphatic heterocycles. The molecule has 2 nitrogen and oxygen atoms in total. The van der Waals surface area contributed by atoms with Gasteiger partial charge in [0.05, 0.1) is 0 Å². The van der Waals surface area contributed by atoms with Crippen LogP contribution in [0.1, 0.15) is 71.6 Å². The molecule has 0 bridgehead atoms. The molecule has 1 saturated heterocycles. The Bertz CT molecular complexity index is 225. The summed E-state index contributed by atoms with van der Waals surface area (Å²) in [5.41, 5.74) is 0.832. The Morgan fingerprint density at radius 3 is 2.41 bits per heavy atom. The fourth-order valence-electron chi connectivity index (χ4n) is 3.69. The molecule has 1 aliphatic carbocycles. The van der Waals surface area contributed by atoms with Crippen molar-refractivity contribution in [1.82, 2.24) is 10.6 Å². The molecule has 2 aliphatic rings. The summed E-state index contributed by atoms with van der Waals surface area (Å²) in [6.07, 6.45) is 12.4. The Hall–Kier alpha value is -0.0800. The molecule has 0 radical (unpaired) electrons. The average molecular weight is 238 g/mol. The second kappa shape index (κ2) is 5.71. The lowest BCUT2D eigenvalue weighted by Gasteiger charge is -2.39. The summed E-state index contributed by atoms with van der Waals surface area (Å²) in [4.78, 5) is 0. The third-order valence-electron chi connectivity index (χ3n) is 4.87. The first-order valence-electron chi connectivity index (χ1n) is 7.68. The summed E-state index contributed by atoms with van der Waals surface area (Å²) in [6.45, 7) is 7.14. The van der Waals surface area contributed by atoms with Crippen LogP contribution in [-0.2, 0) is 0 Å². The zero-order chi connectivity index (χ0) is 12.2. The molecule has 0 aromatic heterocycles. The predicted molar refractivity (Wildman–Crippen MR) is 74.4 cm³/mol. The summed E-state index contributed by atoms with van der Waals surface area (Å²) in [6, 6.07) is 0. The van der Waals surface area contributed by atoms with Gasteiger partial charge in [0.1, 0.15) is 0 Å². The predicted octanol–water partition coefficient (Wildman–Crippen LogP) is 3.22. The maximum Gasteiger partial charge on any atom is 0.0306 e. The van der Waals surface area contributed by atoms with Crippen LogP contribution >= 0.6 is 0 Å². The van der Waals surface area contributed by atoms with E-state index in [1.165, 1.54) is 70.9 Å². The van der Waals surface area contributed by atoms with Crippen molar-refractivity contribution in [3.05, 3.63) is 0 Å². The topological polar surface area (TPSA) is 24.1 Å². The highest BCUT2D eigenvalue weighted by atomic mass is 15.1. The van der Waals surface area contributed by atoms with E-state index in [9.17, 15) is 0 Å². The van der Waals surface area contributed by atoms with Gasteiger partial charge in [-0.25, -0.2) is 0 Å². The normalized spacial score (nSPS) is 32.8. The molecule has 2 fully saturated rings. The summed E-state index contributed by atoms with van der Waals surface area (Å²) in [5, 5.41) is 7.67. The maximum absolute atomic E-state index is 3.90.